The SMILES string of the molecule is COc1ccc(CCN(C)CC[C@@H]2C(C(C)C)Cc3cc(F)ccc3[C@@H]2O)cc1OC. The highest BCUT2D eigenvalue weighted by Gasteiger charge is 2.37. The van der Waals surface area contributed by atoms with Crippen molar-refractivity contribution in [2.75, 3.05) is 34.4 Å². The van der Waals surface area contributed by atoms with Gasteiger partial charge in [-0.3, -0.25) is 0 Å². The fourth-order valence-corrected chi connectivity index (χ4v) is 4.85. The lowest BCUT2D eigenvalue weighted by Crippen LogP contribution is -2.35. The molecule has 0 radical (unpaired) electrons. The van der Waals surface area contributed by atoms with Crippen LogP contribution in [0.2, 0.25) is 0 Å². The lowest BCUT2D eigenvalue weighted by Gasteiger charge is -2.40. The number of rotatable bonds is 9. The number of aliphatic hydroxyl groups is 1. The topological polar surface area (TPSA) is 41.9 Å². The summed E-state index contributed by atoms with van der Waals surface area (Å²) in [5.41, 5.74) is 3.07. The van der Waals surface area contributed by atoms with Crippen molar-refractivity contribution in [1.29, 1.82) is 0 Å². The summed E-state index contributed by atoms with van der Waals surface area (Å²) >= 11 is 0. The number of methoxy groups -OCH3 is 2. The molecule has 0 saturated heterocycles. The number of fused-ring (bicyclic) bond motifs is 1. The normalized spacial score (nSPS) is 20.7. The third-order valence-corrected chi connectivity index (χ3v) is 6.77. The molecule has 3 rings (SSSR count). The summed E-state index contributed by atoms with van der Waals surface area (Å²) in [6.07, 6.45) is 2.14. The van der Waals surface area contributed by atoms with Gasteiger partial charge in [0.2, 0.25) is 0 Å². The largest absolute Gasteiger partial charge is 0.493 e. The number of ether oxygens (including phenoxy) is 2. The van der Waals surface area contributed by atoms with Crippen molar-refractivity contribution in [1.82, 2.24) is 4.90 Å². The highest BCUT2D eigenvalue weighted by atomic mass is 19.1. The average Bonchev–Trinajstić information content (AvgIpc) is 2.76. The van der Waals surface area contributed by atoms with Crippen molar-refractivity contribution in [2.24, 2.45) is 17.8 Å². The second kappa shape index (κ2) is 10.5. The van der Waals surface area contributed by atoms with Crippen LogP contribution in [0.15, 0.2) is 36.4 Å². The third kappa shape index (κ3) is 5.58. The maximum Gasteiger partial charge on any atom is 0.160 e. The van der Waals surface area contributed by atoms with Crippen molar-refractivity contribution in [3.05, 3.63) is 58.9 Å². The minimum Gasteiger partial charge on any atom is -0.493 e. The third-order valence-electron chi connectivity index (χ3n) is 6.77. The van der Waals surface area contributed by atoms with Crippen LogP contribution in [0.4, 0.5) is 4.39 Å². The van der Waals surface area contributed by atoms with Crippen LogP contribution < -0.4 is 9.47 Å². The number of hydrogen-bond donors (Lipinski definition) is 1. The van der Waals surface area contributed by atoms with Crippen LogP contribution in [0.1, 0.15) is 43.1 Å². The zero-order valence-corrected chi connectivity index (χ0v) is 19.4. The van der Waals surface area contributed by atoms with E-state index < -0.39 is 6.10 Å². The summed E-state index contributed by atoms with van der Waals surface area (Å²) in [5, 5.41) is 11.1. The molecule has 0 heterocycles. The first kappa shape index (κ1) is 23.6. The Kier molecular flexibility index (Phi) is 7.95. The van der Waals surface area contributed by atoms with E-state index in [9.17, 15) is 9.50 Å². The van der Waals surface area contributed by atoms with Crippen molar-refractivity contribution in [3.8, 4) is 11.5 Å². The second-order valence-electron chi connectivity index (χ2n) is 9.10. The summed E-state index contributed by atoms with van der Waals surface area (Å²) in [6, 6.07) is 10.9. The van der Waals surface area contributed by atoms with Crippen LogP contribution in [-0.4, -0.2) is 44.4 Å². The average molecular weight is 430 g/mol. The van der Waals surface area contributed by atoms with Crippen LogP contribution in [0.3, 0.4) is 0 Å². The Labute approximate surface area is 186 Å². The quantitative estimate of drug-likeness (QED) is 0.617. The van der Waals surface area contributed by atoms with Crippen LogP contribution >= 0.6 is 0 Å². The maximum absolute atomic E-state index is 13.7. The molecule has 0 aromatic heterocycles. The van der Waals surface area contributed by atoms with Gasteiger partial charge in [0.15, 0.2) is 11.5 Å². The predicted octanol–water partition coefficient (Wildman–Crippen LogP) is 4.89. The number of benzene rings is 2. The molecule has 170 valence electrons. The van der Waals surface area contributed by atoms with Gasteiger partial charge in [0.1, 0.15) is 5.82 Å². The van der Waals surface area contributed by atoms with Gasteiger partial charge in [0.25, 0.3) is 0 Å². The molecule has 31 heavy (non-hydrogen) atoms. The summed E-state index contributed by atoms with van der Waals surface area (Å²) in [4.78, 5) is 2.32. The number of aliphatic hydroxyl groups excluding tert-OH is 1. The molecule has 4 nitrogen and oxygen atoms in total. The molecule has 0 bridgehead atoms. The van der Waals surface area contributed by atoms with Gasteiger partial charge >= 0.3 is 0 Å². The molecule has 2 aromatic carbocycles. The van der Waals surface area contributed by atoms with Crippen molar-refractivity contribution >= 4 is 0 Å². The Balaban J connectivity index is 1.60. The fourth-order valence-electron chi connectivity index (χ4n) is 4.85. The van der Waals surface area contributed by atoms with E-state index >= 15 is 0 Å². The van der Waals surface area contributed by atoms with Crippen LogP contribution in [0.5, 0.6) is 11.5 Å². The van der Waals surface area contributed by atoms with Gasteiger partial charge in [-0.05, 0) is 91.6 Å². The highest BCUT2D eigenvalue weighted by Crippen LogP contribution is 2.43. The summed E-state index contributed by atoms with van der Waals surface area (Å²) < 4.78 is 24.4. The van der Waals surface area contributed by atoms with Crippen molar-refractivity contribution in [2.45, 2.75) is 39.2 Å². The Morgan fingerprint density at radius 1 is 1.06 bits per heavy atom. The number of nitrogens with zero attached hydrogens (tertiary/aromatic N) is 1. The lowest BCUT2D eigenvalue weighted by molar-refractivity contribution is 0.0320. The van der Waals surface area contributed by atoms with E-state index in [2.05, 4.69) is 31.9 Å². The van der Waals surface area contributed by atoms with Gasteiger partial charge < -0.3 is 19.5 Å². The molecule has 0 aliphatic heterocycles. The maximum atomic E-state index is 13.7. The zero-order chi connectivity index (χ0) is 22.5. The molecule has 0 amide bonds. The Morgan fingerprint density at radius 3 is 2.48 bits per heavy atom. The van der Waals surface area contributed by atoms with E-state index in [-0.39, 0.29) is 11.7 Å². The van der Waals surface area contributed by atoms with Gasteiger partial charge in [-0.15, -0.1) is 0 Å². The Hall–Kier alpha value is -2.11. The molecular formula is C26H36FNO3. The summed E-state index contributed by atoms with van der Waals surface area (Å²) in [6.45, 7) is 6.24. The van der Waals surface area contributed by atoms with Gasteiger partial charge in [-0.1, -0.05) is 26.0 Å². The molecule has 0 saturated carbocycles. The highest BCUT2D eigenvalue weighted by molar-refractivity contribution is 5.43. The molecule has 5 heteroatoms. The standard InChI is InChI=1S/C26H36FNO3/c1-17(2)23-16-19-15-20(27)7-8-21(19)26(29)22(23)11-13-28(3)12-10-18-6-9-24(30-4)25(14-18)31-5/h6-9,14-15,17,22-23,26,29H,10-13,16H2,1-5H3/t22-,23?,26+/m1/s1. The van der Waals surface area contributed by atoms with Gasteiger partial charge in [-0.25, -0.2) is 4.39 Å². The van der Waals surface area contributed by atoms with Gasteiger partial charge in [-0.2, -0.15) is 0 Å². The van der Waals surface area contributed by atoms with E-state index in [1.807, 2.05) is 12.1 Å². The molecule has 2 aromatic rings. The van der Waals surface area contributed by atoms with E-state index in [1.165, 1.54) is 11.6 Å². The summed E-state index contributed by atoms with van der Waals surface area (Å²) in [5.74, 6) is 2.24. The molecule has 1 aliphatic rings. The number of likely N-dealkylation sites (N-methyl/N-ethyl adjacent to an activating group) is 1. The minimum atomic E-state index is -0.531. The van der Waals surface area contributed by atoms with Crippen LogP contribution in [-0.2, 0) is 12.8 Å². The molecule has 0 spiro atoms. The van der Waals surface area contributed by atoms with E-state index in [1.54, 1.807) is 26.4 Å². The van der Waals surface area contributed by atoms with Crippen LogP contribution in [0, 0.1) is 23.6 Å². The monoisotopic (exact) mass is 429 g/mol. The molecule has 0 fully saturated rings. The first-order valence-corrected chi connectivity index (χ1v) is 11.2. The molecular weight excluding hydrogens is 393 g/mol. The van der Waals surface area contributed by atoms with Crippen molar-refractivity contribution in [3.63, 3.8) is 0 Å². The predicted molar refractivity (Wildman–Crippen MR) is 122 cm³/mol. The van der Waals surface area contributed by atoms with Crippen molar-refractivity contribution < 1.29 is 19.0 Å². The van der Waals surface area contributed by atoms with Crippen LogP contribution in [0.25, 0.3) is 0 Å². The molecule has 3 atom stereocenters. The first-order valence-electron chi connectivity index (χ1n) is 11.2. The van der Waals surface area contributed by atoms with Gasteiger partial charge in [0.05, 0.1) is 20.3 Å². The smallest absolute Gasteiger partial charge is 0.160 e. The zero-order valence-electron chi connectivity index (χ0n) is 19.4. The molecule has 1 aliphatic carbocycles. The summed E-state index contributed by atoms with van der Waals surface area (Å²) in [7, 11) is 5.43. The lowest BCUT2D eigenvalue weighted by atomic mass is 9.68. The van der Waals surface area contributed by atoms with E-state index in [0.717, 1.165) is 55.0 Å². The van der Waals surface area contributed by atoms with Gasteiger partial charge in [0, 0.05) is 6.54 Å². The minimum absolute atomic E-state index is 0.182. The fraction of sp³-hybridized carbons (Fsp3) is 0.538. The first-order chi connectivity index (χ1) is 14.8. The second-order valence-corrected chi connectivity index (χ2v) is 9.10. The molecule has 1 N–H and O–H groups in total. The Morgan fingerprint density at radius 2 is 1.81 bits per heavy atom. The number of hydrogen-bond acceptors (Lipinski definition) is 4. The van der Waals surface area contributed by atoms with E-state index in [0.29, 0.717) is 11.8 Å². The number of halogens is 1. The van der Waals surface area contributed by atoms with E-state index in [4.69, 9.17) is 9.47 Å². The Bertz CT molecular complexity index is 870. The molecule has 1 unspecified atom stereocenters.